The quantitative estimate of drug-likeness (QED) is 0.474. The Balaban J connectivity index is 2.30. The molecule has 0 amide bonds. The van der Waals surface area contributed by atoms with Crippen molar-refractivity contribution in [2.24, 2.45) is 0 Å². The van der Waals surface area contributed by atoms with Gasteiger partial charge in [-0.15, -0.1) is 0 Å². The van der Waals surface area contributed by atoms with E-state index >= 15 is 0 Å². The van der Waals surface area contributed by atoms with Crippen LogP contribution in [0.15, 0.2) is 30.4 Å². The van der Waals surface area contributed by atoms with Crippen molar-refractivity contribution < 1.29 is 0 Å². The predicted molar refractivity (Wildman–Crippen MR) is 53.8 cm³/mol. The van der Waals surface area contributed by atoms with Gasteiger partial charge in [-0.25, -0.2) is 0 Å². The zero-order valence-electron chi connectivity index (χ0n) is 7.63. The Morgan fingerprint density at radius 1 is 0.833 bits per heavy atom. The Hall–Kier alpha value is -0.780. The number of hydrogen-bond acceptors (Lipinski definition) is 0. The maximum Gasteiger partial charge on any atom is -0.0169 e. The number of rotatable bonds is 0. The lowest BCUT2D eigenvalue weighted by molar-refractivity contribution is 0.844. The molecule has 0 aromatic carbocycles. The highest BCUT2D eigenvalue weighted by molar-refractivity contribution is 4.94. The molecule has 0 saturated carbocycles. The summed E-state index contributed by atoms with van der Waals surface area (Å²) in [7, 11) is 0. The molecule has 0 N–H and O–H groups in total. The fraction of sp³-hybridized carbons (Fsp3) is 0.500. The lowest BCUT2D eigenvalue weighted by Gasteiger charge is -1.92. The molecule has 0 heteroatoms. The fourth-order valence-corrected chi connectivity index (χ4v) is 1.21. The second kappa shape index (κ2) is 6.90. The summed E-state index contributed by atoms with van der Waals surface area (Å²) < 4.78 is 0. The Morgan fingerprint density at radius 2 is 1.67 bits per heavy atom. The average molecular weight is 161 g/mol. The zero-order valence-corrected chi connectivity index (χ0v) is 7.63. The minimum atomic E-state index is 1.10. The molecular weight excluding hydrogens is 144 g/mol. The highest BCUT2D eigenvalue weighted by Crippen LogP contribution is 2.02. The summed E-state index contributed by atoms with van der Waals surface area (Å²) in [6.45, 7) is 0. The Bertz CT molecular complexity index is 172. The summed E-state index contributed by atoms with van der Waals surface area (Å²) in [6.07, 6.45) is 21.5. The summed E-state index contributed by atoms with van der Waals surface area (Å²) >= 11 is 0. The van der Waals surface area contributed by atoms with Crippen LogP contribution in [0.2, 0.25) is 0 Å². The molecular formula is C12H17. The third kappa shape index (κ3) is 4.95. The van der Waals surface area contributed by atoms with Gasteiger partial charge in [0.2, 0.25) is 0 Å². The first kappa shape index (κ1) is 9.31. The lowest BCUT2D eigenvalue weighted by Crippen LogP contribution is -1.73. The SMILES string of the molecule is [C]1=C\CC/C=C\C/C=C/CCC/1. The third-order valence-electron chi connectivity index (χ3n) is 1.92. The lowest BCUT2D eigenvalue weighted by atomic mass is 10.1. The molecule has 0 fully saturated rings. The standard InChI is InChI=1S/C12H17/c1-2-4-6-8-10-12-11-9-7-5-3-1/h1-2,5,7-8H,3-4,6,9,11-12H2/b2-1-,7-5+,10-8?. The molecule has 1 rings (SSSR count). The van der Waals surface area contributed by atoms with Crippen LogP contribution in [0.25, 0.3) is 0 Å². The van der Waals surface area contributed by atoms with E-state index in [0.29, 0.717) is 0 Å². The van der Waals surface area contributed by atoms with Gasteiger partial charge in [0.15, 0.2) is 0 Å². The molecule has 0 nitrogen and oxygen atoms in total. The van der Waals surface area contributed by atoms with Gasteiger partial charge in [-0.2, -0.15) is 0 Å². The molecule has 0 aromatic heterocycles. The van der Waals surface area contributed by atoms with Crippen LogP contribution in [0, 0.1) is 6.08 Å². The first-order valence-corrected chi connectivity index (χ1v) is 4.85. The molecule has 0 aromatic rings. The maximum atomic E-state index is 3.31. The molecule has 0 unspecified atom stereocenters. The highest BCUT2D eigenvalue weighted by atomic mass is 13.9. The van der Waals surface area contributed by atoms with E-state index in [-0.39, 0.29) is 0 Å². The molecule has 0 bridgehead atoms. The summed E-state index contributed by atoms with van der Waals surface area (Å²) in [5, 5.41) is 0. The van der Waals surface area contributed by atoms with Gasteiger partial charge in [-0.05, 0) is 44.6 Å². The van der Waals surface area contributed by atoms with Crippen LogP contribution in [0.3, 0.4) is 0 Å². The molecule has 0 atom stereocenters. The third-order valence-corrected chi connectivity index (χ3v) is 1.92. The van der Waals surface area contributed by atoms with Crippen LogP contribution in [-0.2, 0) is 0 Å². The van der Waals surface area contributed by atoms with Crippen molar-refractivity contribution in [3.05, 3.63) is 36.5 Å². The van der Waals surface area contributed by atoms with Gasteiger partial charge >= 0.3 is 0 Å². The van der Waals surface area contributed by atoms with Gasteiger partial charge < -0.3 is 0 Å². The van der Waals surface area contributed by atoms with Crippen molar-refractivity contribution in [2.45, 2.75) is 38.5 Å². The van der Waals surface area contributed by atoms with Gasteiger partial charge in [-0.1, -0.05) is 30.4 Å². The Morgan fingerprint density at radius 3 is 2.58 bits per heavy atom. The van der Waals surface area contributed by atoms with Gasteiger partial charge in [0.05, 0.1) is 0 Å². The largest absolute Gasteiger partial charge is 0.0882 e. The first-order valence-electron chi connectivity index (χ1n) is 4.85. The van der Waals surface area contributed by atoms with Gasteiger partial charge in [0, 0.05) is 0 Å². The molecule has 0 spiro atoms. The number of allylic oxidation sites excluding steroid dienone is 6. The van der Waals surface area contributed by atoms with Gasteiger partial charge in [0.25, 0.3) is 0 Å². The molecule has 0 saturated heterocycles. The molecule has 1 aliphatic rings. The molecule has 1 radical (unpaired) electrons. The van der Waals surface area contributed by atoms with Gasteiger partial charge in [0.1, 0.15) is 0 Å². The monoisotopic (exact) mass is 161 g/mol. The van der Waals surface area contributed by atoms with Crippen LogP contribution in [0.5, 0.6) is 0 Å². The van der Waals surface area contributed by atoms with E-state index in [1.54, 1.807) is 0 Å². The van der Waals surface area contributed by atoms with E-state index in [1.165, 1.54) is 19.3 Å². The molecule has 65 valence electrons. The number of hydrogen-bond donors (Lipinski definition) is 0. The van der Waals surface area contributed by atoms with Crippen LogP contribution in [0.4, 0.5) is 0 Å². The average Bonchev–Trinajstić information content (AvgIpc) is 2.05. The van der Waals surface area contributed by atoms with Gasteiger partial charge in [-0.3, -0.25) is 0 Å². The van der Waals surface area contributed by atoms with Crippen LogP contribution < -0.4 is 0 Å². The van der Waals surface area contributed by atoms with Crippen LogP contribution >= 0.6 is 0 Å². The Labute approximate surface area is 75.7 Å². The summed E-state index contributed by atoms with van der Waals surface area (Å²) in [4.78, 5) is 0. The zero-order chi connectivity index (χ0) is 8.49. The molecule has 12 heavy (non-hydrogen) atoms. The fourth-order valence-electron chi connectivity index (χ4n) is 1.21. The summed E-state index contributed by atoms with van der Waals surface area (Å²) in [5.41, 5.74) is 0. The Kier molecular flexibility index (Phi) is 5.35. The maximum absolute atomic E-state index is 3.31. The minimum Gasteiger partial charge on any atom is -0.0882 e. The van der Waals surface area contributed by atoms with E-state index in [9.17, 15) is 0 Å². The van der Waals surface area contributed by atoms with Crippen molar-refractivity contribution in [2.75, 3.05) is 0 Å². The van der Waals surface area contributed by atoms with Crippen molar-refractivity contribution in [1.82, 2.24) is 0 Å². The van der Waals surface area contributed by atoms with Crippen LogP contribution in [-0.4, -0.2) is 0 Å². The second-order valence-electron chi connectivity index (χ2n) is 3.06. The van der Waals surface area contributed by atoms with E-state index in [1.807, 2.05) is 0 Å². The molecule has 1 aliphatic carbocycles. The molecule has 0 heterocycles. The first-order chi connectivity index (χ1) is 6.00. The highest BCUT2D eigenvalue weighted by Gasteiger charge is 1.83. The predicted octanol–water partition coefficient (Wildman–Crippen LogP) is 3.81. The van der Waals surface area contributed by atoms with E-state index in [0.717, 1.165) is 19.3 Å². The van der Waals surface area contributed by atoms with Crippen molar-refractivity contribution in [1.29, 1.82) is 0 Å². The smallest absolute Gasteiger partial charge is 0.0169 e. The van der Waals surface area contributed by atoms with Crippen molar-refractivity contribution in [3.63, 3.8) is 0 Å². The van der Waals surface area contributed by atoms with E-state index < -0.39 is 0 Å². The van der Waals surface area contributed by atoms with E-state index in [4.69, 9.17) is 0 Å². The van der Waals surface area contributed by atoms with Crippen LogP contribution in [0.1, 0.15) is 38.5 Å². The summed E-state index contributed by atoms with van der Waals surface area (Å²) in [6, 6.07) is 0. The van der Waals surface area contributed by atoms with Crippen molar-refractivity contribution in [3.8, 4) is 0 Å². The molecule has 0 aliphatic heterocycles. The normalized spacial score (nSPS) is 28.0. The van der Waals surface area contributed by atoms with Crippen molar-refractivity contribution >= 4 is 0 Å². The topological polar surface area (TPSA) is 0 Å². The second-order valence-corrected chi connectivity index (χ2v) is 3.06. The minimum absolute atomic E-state index is 1.10. The summed E-state index contributed by atoms with van der Waals surface area (Å²) in [5.74, 6) is 0. The van der Waals surface area contributed by atoms with E-state index in [2.05, 4.69) is 36.5 Å².